The first-order valence-corrected chi connectivity index (χ1v) is 12.0. The third kappa shape index (κ3) is 5.04. The average Bonchev–Trinajstić information content (AvgIpc) is 3.02. The summed E-state index contributed by atoms with van der Waals surface area (Å²) in [6.07, 6.45) is 1.34. The van der Waals surface area contributed by atoms with E-state index in [1.807, 2.05) is 30.3 Å². The highest BCUT2D eigenvalue weighted by molar-refractivity contribution is 5.99. The Hall–Kier alpha value is -3.91. The number of ether oxygens (including phenoxy) is 1. The van der Waals surface area contributed by atoms with E-state index in [1.54, 1.807) is 50.2 Å². The second-order valence-electron chi connectivity index (χ2n) is 9.03. The van der Waals surface area contributed by atoms with Gasteiger partial charge in [0.2, 0.25) is 11.8 Å². The molecule has 0 aliphatic carbocycles. The Bertz CT molecular complexity index is 1310. The number of nitrogens with one attached hydrogen (secondary N) is 2. The Kier molecular flexibility index (Phi) is 7.55. The standard InChI is InChI=1S/C28H31N3O5/c1-17(29-2)26(32)30-15-21-9-8-18-6-4-5-7-24(18)31(27(21)33)16-23-22-12-10-20(28(34)35)14-19(22)11-13-25(23)36-3/h4-7,10-14,17,21,29H,8-9,15-16H2,1-3H3,(H,30,32)(H,34,35)/t17-,21+/m0/s1. The van der Waals surface area contributed by atoms with Gasteiger partial charge in [-0.05, 0) is 67.4 Å². The molecule has 0 saturated carbocycles. The molecule has 4 rings (SSSR count). The van der Waals surface area contributed by atoms with Crippen LogP contribution >= 0.6 is 0 Å². The summed E-state index contributed by atoms with van der Waals surface area (Å²) in [6, 6.07) is 16.1. The van der Waals surface area contributed by atoms with Gasteiger partial charge in [0.15, 0.2) is 0 Å². The van der Waals surface area contributed by atoms with Crippen molar-refractivity contribution in [3.8, 4) is 5.75 Å². The first-order chi connectivity index (χ1) is 17.3. The summed E-state index contributed by atoms with van der Waals surface area (Å²) >= 11 is 0. The van der Waals surface area contributed by atoms with E-state index in [1.165, 1.54) is 0 Å². The molecule has 2 atom stereocenters. The predicted octanol–water partition coefficient (Wildman–Crippen LogP) is 3.37. The molecule has 2 amide bonds. The number of fused-ring (bicyclic) bond motifs is 2. The Morgan fingerprint density at radius 2 is 1.94 bits per heavy atom. The minimum Gasteiger partial charge on any atom is -0.496 e. The van der Waals surface area contributed by atoms with Crippen LogP contribution in [0.3, 0.4) is 0 Å². The number of hydrogen-bond donors (Lipinski definition) is 3. The number of carboxylic acid groups (broad SMARTS) is 1. The van der Waals surface area contributed by atoms with Crippen molar-refractivity contribution in [3.05, 3.63) is 71.3 Å². The van der Waals surface area contributed by atoms with Crippen molar-refractivity contribution in [2.24, 2.45) is 5.92 Å². The van der Waals surface area contributed by atoms with Crippen molar-refractivity contribution in [1.82, 2.24) is 10.6 Å². The van der Waals surface area contributed by atoms with E-state index in [9.17, 15) is 19.5 Å². The van der Waals surface area contributed by atoms with E-state index in [0.717, 1.165) is 34.0 Å². The largest absolute Gasteiger partial charge is 0.496 e. The number of rotatable bonds is 8. The van der Waals surface area contributed by atoms with Crippen LogP contribution in [-0.4, -0.2) is 49.6 Å². The molecule has 3 aromatic rings. The highest BCUT2D eigenvalue weighted by atomic mass is 16.5. The number of amides is 2. The maximum Gasteiger partial charge on any atom is 0.335 e. The van der Waals surface area contributed by atoms with Gasteiger partial charge in [0.25, 0.3) is 0 Å². The van der Waals surface area contributed by atoms with Gasteiger partial charge in [0, 0.05) is 17.8 Å². The fraction of sp³-hybridized carbons (Fsp3) is 0.321. The first-order valence-electron chi connectivity index (χ1n) is 12.0. The van der Waals surface area contributed by atoms with E-state index in [-0.39, 0.29) is 42.4 Å². The van der Waals surface area contributed by atoms with E-state index in [2.05, 4.69) is 10.6 Å². The zero-order chi connectivity index (χ0) is 25.8. The van der Waals surface area contributed by atoms with E-state index < -0.39 is 5.97 Å². The molecular weight excluding hydrogens is 458 g/mol. The lowest BCUT2D eigenvalue weighted by Crippen LogP contribution is -2.45. The summed E-state index contributed by atoms with van der Waals surface area (Å²) in [5.41, 5.74) is 2.89. The molecule has 188 valence electrons. The quantitative estimate of drug-likeness (QED) is 0.448. The van der Waals surface area contributed by atoms with Crippen LogP contribution in [0.1, 0.15) is 34.8 Å². The van der Waals surface area contributed by atoms with Crippen LogP contribution in [0.5, 0.6) is 5.75 Å². The molecule has 0 bridgehead atoms. The van der Waals surface area contributed by atoms with Crippen LogP contribution in [0.15, 0.2) is 54.6 Å². The van der Waals surface area contributed by atoms with Gasteiger partial charge < -0.3 is 25.4 Å². The number of aryl methyl sites for hydroxylation is 1. The Morgan fingerprint density at radius 1 is 1.17 bits per heavy atom. The van der Waals surface area contributed by atoms with Gasteiger partial charge in [0.05, 0.1) is 31.2 Å². The first kappa shape index (κ1) is 25.2. The zero-order valence-corrected chi connectivity index (χ0v) is 20.7. The Morgan fingerprint density at radius 3 is 2.67 bits per heavy atom. The molecular formula is C28H31N3O5. The molecule has 0 saturated heterocycles. The van der Waals surface area contributed by atoms with Crippen molar-refractivity contribution in [1.29, 1.82) is 0 Å². The molecule has 1 heterocycles. The fourth-order valence-electron chi connectivity index (χ4n) is 4.66. The molecule has 0 unspecified atom stereocenters. The molecule has 0 fully saturated rings. The maximum absolute atomic E-state index is 13.9. The average molecular weight is 490 g/mol. The molecule has 8 heteroatoms. The summed E-state index contributed by atoms with van der Waals surface area (Å²) in [5, 5.41) is 16.8. The number of carboxylic acids is 1. The van der Waals surface area contributed by atoms with Crippen LogP contribution in [0.2, 0.25) is 0 Å². The number of anilines is 1. The number of likely N-dealkylation sites (N-methyl/N-ethyl adjacent to an activating group) is 1. The number of nitrogens with zero attached hydrogens (tertiary/aromatic N) is 1. The van der Waals surface area contributed by atoms with Crippen LogP contribution in [-0.2, 0) is 22.6 Å². The second kappa shape index (κ2) is 10.8. The summed E-state index contributed by atoms with van der Waals surface area (Å²) < 4.78 is 5.65. The highest BCUT2D eigenvalue weighted by Gasteiger charge is 2.32. The molecule has 0 spiro atoms. The van der Waals surface area contributed by atoms with Gasteiger partial charge in [-0.1, -0.05) is 30.3 Å². The molecule has 8 nitrogen and oxygen atoms in total. The normalized spacial score (nSPS) is 16.2. The minimum atomic E-state index is -0.997. The SMILES string of the molecule is CN[C@@H](C)C(=O)NC[C@H]1CCc2ccccc2N(Cc2c(OC)ccc3cc(C(=O)O)ccc23)C1=O. The van der Waals surface area contributed by atoms with Crippen molar-refractivity contribution >= 4 is 34.2 Å². The molecule has 3 aromatic carbocycles. The fourth-order valence-corrected chi connectivity index (χ4v) is 4.66. The number of hydrogen-bond acceptors (Lipinski definition) is 5. The van der Waals surface area contributed by atoms with Gasteiger partial charge >= 0.3 is 5.97 Å². The maximum atomic E-state index is 13.9. The number of para-hydroxylation sites is 1. The highest BCUT2D eigenvalue weighted by Crippen LogP contribution is 2.35. The molecule has 3 N–H and O–H groups in total. The third-order valence-electron chi connectivity index (χ3n) is 6.88. The smallest absolute Gasteiger partial charge is 0.335 e. The predicted molar refractivity (Wildman–Crippen MR) is 138 cm³/mol. The van der Waals surface area contributed by atoms with Gasteiger partial charge in [-0.3, -0.25) is 9.59 Å². The molecule has 1 aliphatic rings. The lowest BCUT2D eigenvalue weighted by atomic mass is 9.99. The van der Waals surface area contributed by atoms with Crippen molar-refractivity contribution < 1.29 is 24.2 Å². The number of benzene rings is 3. The van der Waals surface area contributed by atoms with Gasteiger partial charge in [-0.15, -0.1) is 0 Å². The van der Waals surface area contributed by atoms with E-state index in [4.69, 9.17) is 4.74 Å². The monoisotopic (exact) mass is 489 g/mol. The Labute approximate surface area is 210 Å². The lowest BCUT2D eigenvalue weighted by Gasteiger charge is -2.27. The van der Waals surface area contributed by atoms with Crippen LogP contribution < -0.4 is 20.3 Å². The number of aromatic carboxylic acids is 1. The minimum absolute atomic E-state index is 0.0708. The number of carbonyl (C=O) groups excluding carboxylic acids is 2. The van der Waals surface area contributed by atoms with Crippen LogP contribution in [0, 0.1) is 5.92 Å². The Balaban J connectivity index is 1.73. The molecule has 0 aromatic heterocycles. The van der Waals surface area contributed by atoms with E-state index in [0.29, 0.717) is 12.2 Å². The molecule has 1 aliphatic heterocycles. The second-order valence-corrected chi connectivity index (χ2v) is 9.03. The molecule has 0 radical (unpaired) electrons. The lowest BCUT2D eigenvalue weighted by molar-refractivity contribution is -0.124. The van der Waals surface area contributed by atoms with Crippen LogP contribution in [0.4, 0.5) is 5.69 Å². The topological polar surface area (TPSA) is 108 Å². The number of methoxy groups -OCH3 is 1. The van der Waals surface area contributed by atoms with E-state index >= 15 is 0 Å². The summed E-state index contributed by atoms with van der Waals surface area (Å²) in [5.74, 6) is -0.983. The third-order valence-corrected chi connectivity index (χ3v) is 6.88. The van der Waals surface area contributed by atoms with Gasteiger partial charge in [-0.2, -0.15) is 0 Å². The van der Waals surface area contributed by atoms with Crippen molar-refractivity contribution in [2.75, 3.05) is 25.6 Å². The van der Waals surface area contributed by atoms with Crippen molar-refractivity contribution in [3.63, 3.8) is 0 Å². The van der Waals surface area contributed by atoms with Crippen molar-refractivity contribution in [2.45, 2.75) is 32.4 Å². The van der Waals surface area contributed by atoms with Gasteiger partial charge in [0.1, 0.15) is 5.75 Å². The van der Waals surface area contributed by atoms with Crippen LogP contribution in [0.25, 0.3) is 10.8 Å². The van der Waals surface area contributed by atoms with Gasteiger partial charge in [-0.25, -0.2) is 4.79 Å². The zero-order valence-electron chi connectivity index (χ0n) is 20.7. The summed E-state index contributed by atoms with van der Waals surface area (Å²) in [4.78, 5) is 39.5. The summed E-state index contributed by atoms with van der Waals surface area (Å²) in [6.45, 7) is 2.28. The molecule has 36 heavy (non-hydrogen) atoms. The number of carbonyl (C=O) groups is 3. The summed E-state index contributed by atoms with van der Waals surface area (Å²) in [7, 11) is 3.30.